The first-order valence-electron chi connectivity index (χ1n) is 7.85. The Balaban J connectivity index is 1.93. The molecule has 3 rings (SSSR count). The third-order valence-electron chi connectivity index (χ3n) is 4.04. The number of rotatable bonds is 4. The number of nitrogens with zero attached hydrogens (tertiary/aromatic N) is 2. The molecule has 0 spiro atoms. The molecule has 1 atom stereocenters. The molecule has 0 aliphatic carbocycles. The molecule has 1 aliphatic heterocycles. The van der Waals surface area contributed by atoms with E-state index in [0.717, 1.165) is 5.06 Å². The fourth-order valence-corrected chi connectivity index (χ4v) is 4.01. The van der Waals surface area contributed by atoms with Crippen molar-refractivity contribution < 1.29 is 18.8 Å². The third kappa shape index (κ3) is 3.24. The molecule has 1 aromatic carbocycles. The summed E-state index contributed by atoms with van der Waals surface area (Å²) in [5.74, 6) is -1.19. The second-order valence-electron chi connectivity index (χ2n) is 5.66. The summed E-state index contributed by atoms with van der Waals surface area (Å²) in [4.78, 5) is 33.5. The van der Waals surface area contributed by atoms with Crippen LogP contribution >= 0.6 is 11.8 Å². The molecule has 1 saturated heterocycles. The van der Waals surface area contributed by atoms with Gasteiger partial charge in [0, 0.05) is 5.69 Å². The highest BCUT2D eigenvalue weighted by atomic mass is 32.2. The van der Waals surface area contributed by atoms with Crippen LogP contribution in [-0.2, 0) is 14.5 Å². The number of benzene rings is 1. The Labute approximate surface area is 149 Å². The minimum Gasteiger partial charge on any atom is -0.329 e. The molecule has 0 bridgehead atoms. The molecule has 2 aromatic rings. The van der Waals surface area contributed by atoms with Crippen molar-refractivity contribution in [1.82, 2.24) is 10.0 Å². The van der Waals surface area contributed by atoms with Gasteiger partial charge in [-0.1, -0.05) is 25.1 Å². The van der Waals surface area contributed by atoms with Crippen LogP contribution in [0.15, 0.2) is 42.5 Å². The van der Waals surface area contributed by atoms with E-state index in [1.165, 1.54) is 30.0 Å². The van der Waals surface area contributed by atoms with E-state index in [9.17, 15) is 14.0 Å². The Morgan fingerprint density at radius 1 is 1.32 bits per heavy atom. The van der Waals surface area contributed by atoms with Gasteiger partial charge in [0.15, 0.2) is 10.6 Å². The minimum atomic E-state index is -0.871. The summed E-state index contributed by atoms with van der Waals surface area (Å²) in [6, 6.07) is 10.9. The quantitative estimate of drug-likeness (QED) is 0.836. The van der Waals surface area contributed by atoms with Crippen LogP contribution in [0.2, 0.25) is 0 Å². The smallest absolute Gasteiger partial charge is 0.329 e. The number of carbonyl (C=O) groups is 2. The van der Waals surface area contributed by atoms with Crippen molar-refractivity contribution >= 4 is 23.6 Å². The van der Waals surface area contributed by atoms with Crippen LogP contribution in [0.3, 0.4) is 0 Å². The summed E-state index contributed by atoms with van der Waals surface area (Å²) in [6.07, 6.45) is 0.504. The molecule has 0 saturated carbocycles. The van der Waals surface area contributed by atoms with Crippen LogP contribution in [0.25, 0.3) is 0 Å². The van der Waals surface area contributed by atoms with E-state index in [-0.39, 0.29) is 23.2 Å². The molecule has 0 N–H and O–H groups in total. The molecule has 1 amide bonds. The van der Waals surface area contributed by atoms with Gasteiger partial charge < -0.3 is 4.84 Å². The highest BCUT2D eigenvalue weighted by molar-refractivity contribution is 8.01. The lowest BCUT2D eigenvalue weighted by Crippen LogP contribution is -2.43. The lowest BCUT2D eigenvalue weighted by atomic mass is 10.0. The van der Waals surface area contributed by atoms with Crippen LogP contribution in [0.1, 0.15) is 35.1 Å². The predicted molar refractivity (Wildman–Crippen MR) is 92.1 cm³/mol. The molecule has 130 valence electrons. The van der Waals surface area contributed by atoms with Gasteiger partial charge in [0.25, 0.3) is 5.91 Å². The number of thioether (sulfide) groups is 1. The molecule has 1 fully saturated rings. The molecule has 25 heavy (non-hydrogen) atoms. The molecule has 5 nitrogen and oxygen atoms in total. The second kappa shape index (κ2) is 6.84. The summed E-state index contributed by atoms with van der Waals surface area (Å²) in [5, 5.41) is 1.11. The number of hydrogen-bond donors (Lipinski definition) is 0. The predicted octanol–water partition coefficient (Wildman–Crippen LogP) is 3.44. The zero-order valence-electron chi connectivity index (χ0n) is 13.9. The first-order valence-corrected chi connectivity index (χ1v) is 8.84. The number of pyridine rings is 1. The number of hydroxylamine groups is 2. The molecular weight excluding hydrogens is 343 g/mol. The SMILES string of the molecule is CCC1(c2ccc(F)cc2)SCC(=O)N1OC(=O)c1cccc(C)n1. The van der Waals surface area contributed by atoms with Crippen molar-refractivity contribution in [2.24, 2.45) is 0 Å². The number of hydrogen-bond acceptors (Lipinski definition) is 5. The normalized spacial score (nSPS) is 20.0. The van der Waals surface area contributed by atoms with E-state index < -0.39 is 10.8 Å². The lowest BCUT2D eigenvalue weighted by molar-refractivity contribution is -0.178. The zero-order chi connectivity index (χ0) is 18.0. The average Bonchev–Trinajstić information content (AvgIpc) is 2.93. The summed E-state index contributed by atoms with van der Waals surface area (Å²) >= 11 is 1.36. The van der Waals surface area contributed by atoms with Crippen molar-refractivity contribution in [1.29, 1.82) is 0 Å². The maximum absolute atomic E-state index is 13.3. The van der Waals surface area contributed by atoms with E-state index in [4.69, 9.17) is 4.84 Å². The fourth-order valence-electron chi connectivity index (χ4n) is 2.77. The highest BCUT2D eigenvalue weighted by Gasteiger charge is 2.49. The monoisotopic (exact) mass is 360 g/mol. The molecule has 0 radical (unpaired) electrons. The average molecular weight is 360 g/mol. The summed E-state index contributed by atoms with van der Waals surface area (Å²) in [6.45, 7) is 3.66. The summed E-state index contributed by atoms with van der Waals surface area (Å²) < 4.78 is 13.3. The molecule has 2 heterocycles. The van der Waals surface area contributed by atoms with Crippen LogP contribution in [-0.4, -0.2) is 27.7 Å². The molecule has 1 unspecified atom stereocenters. The van der Waals surface area contributed by atoms with Crippen molar-refractivity contribution in [2.45, 2.75) is 25.1 Å². The molecule has 7 heteroatoms. The Hall–Kier alpha value is -2.41. The van der Waals surface area contributed by atoms with Gasteiger partial charge in [-0.2, -0.15) is 0 Å². The van der Waals surface area contributed by atoms with Crippen molar-refractivity contribution in [3.05, 3.63) is 65.2 Å². The molecular formula is C18H17FN2O3S. The van der Waals surface area contributed by atoms with E-state index in [1.54, 1.807) is 31.2 Å². The number of aryl methyl sites for hydroxylation is 1. The Bertz CT molecular complexity index is 812. The van der Waals surface area contributed by atoms with Crippen LogP contribution < -0.4 is 0 Å². The van der Waals surface area contributed by atoms with Gasteiger partial charge in [-0.25, -0.2) is 14.2 Å². The van der Waals surface area contributed by atoms with Gasteiger partial charge in [0.2, 0.25) is 0 Å². The van der Waals surface area contributed by atoms with Gasteiger partial charge in [-0.15, -0.1) is 16.8 Å². The lowest BCUT2D eigenvalue weighted by Gasteiger charge is -2.34. The van der Waals surface area contributed by atoms with Crippen molar-refractivity contribution in [3.63, 3.8) is 0 Å². The summed E-state index contributed by atoms with van der Waals surface area (Å²) in [7, 11) is 0. The van der Waals surface area contributed by atoms with Gasteiger partial charge in [0.1, 0.15) is 5.82 Å². The van der Waals surface area contributed by atoms with Crippen molar-refractivity contribution in [2.75, 3.05) is 5.75 Å². The maximum atomic E-state index is 13.3. The molecule has 1 aliphatic rings. The Morgan fingerprint density at radius 3 is 2.68 bits per heavy atom. The first kappa shape index (κ1) is 17.4. The minimum absolute atomic E-state index is 0.133. The molecule has 1 aromatic heterocycles. The van der Waals surface area contributed by atoms with E-state index in [0.29, 0.717) is 17.7 Å². The van der Waals surface area contributed by atoms with Crippen molar-refractivity contribution in [3.8, 4) is 0 Å². The van der Waals surface area contributed by atoms with E-state index in [1.807, 2.05) is 6.92 Å². The number of carbonyl (C=O) groups excluding carboxylic acids is 2. The summed E-state index contributed by atoms with van der Waals surface area (Å²) in [5.41, 5.74) is 1.52. The van der Waals surface area contributed by atoms with Gasteiger partial charge >= 0.3 is 5.97 Å². The standard InChI is InChI=1S/C18H17FN2O3S/c1-3-18(13-7-9-14(19)10-8-13)21(16(22)11-25-18)24-17(23)15-6-4-5-12(2)20-15/h4-10H,3,11H2,1-2H3. The third-order valence-corrected chi connectivity index (χ3v) is 5.59. The number of halogens is 1. The topological polar surface area (TPSA) is 59.5 Å². The van der Waals surface area contributed by atoms with Crippen LogP contribution in [0.5, 0.6) is 0 Å². The van der Waals surface area contributed by atoms with E-state index in [2.05, 4.69) is 4.98 Å². The number of amides is 1. The van der Waals surface area contributed by atoms with Gasteiger partial charge in [-0.05, 0) is 43.2 Å². The largest absolute Gasteiger partial charge is 0.381 e. The Kier molecular flexibility index (Phi) is 4.76. The second-order valence-corrected chi connectivity index (χ2v) is 6.92. The van der Waals surface area contributed by atoms with Crippen LogP contribution in [0, 0.1) is 12.7 Å². The first-order chi connectivity index (χ1) is 12.0. The Morgan fingerprint density at radius 2 is 2.04 bits per heavy atom. The fraction of sp³-hybridized carbons (Fsp3) is 0.278. The van der Waals surface area contributed by atoms with E-state index >= 15 is 0 Å². The van der Waals surface area contributed by atoms with Crippen LogP contribution in [0.4, 0.5) is 4.39 Å². The number of aromatic nitrogens is 1. The maximum Gasteiger partial charge on any atom is 0.381 e. The highest BCUT2D eigenvalue weighted by Crippen LogP contribution is 2.48. The van der Waals surface area contributed by atoms with Gasteiger partial charge in [0.05, 0.1) is 5.75 Å². The van der Waals surface area contributed by atoms with Gasteiger partial charge in [-0.3, -0.25) is 4.79 Å². The zero-order valence-corrected chi connectivity index (χ0v) is 14.7.